The van der Waals surface area contributed by atoms with Gasteiger partial charge in [-0.25, -0.2) is 4.79 Å². The Bertz CT molecular complexity index is 848. The molecular weight excluding hydrogens is 375 g/mol. The number of nitrogens with one attached hydrogen (secondary N) is 1. The molecule has 0 saturated heterocycles. The fourth-order valence-corrected chi connectivity index (χ4v) is 3.65. The number of primary amides is 1. The van der Waals surface area contributed by atoms with E-state index in [-0.39, 0.29) is 26.0 Å². The summed E-state index contributed by atoms with van der Waals surface area (Å²) < 4.78 is 4.66. The van der Waals surface area contributed by atoms with Crippen LogP contribution in [0.2, 0.25) is 10.0 Å². The topological polar surface area (TPSA) is 98.5 Å². The van der Waals surface area contributed by atoms with Crippen molar-refractivity contribution in [1.82, 2.24) is 0 Å². The summed E-state index contributed by atoms with van der Waals surface area (Å²) in [5.41, 5.74) is 5.92. The number of hydrogen-bond donors (Lipinski definition) is 2. The van der Waals surface area contributed by atoms with E-state index in [9.17, 15) is 14.4 Å². The standard InChI is InChI=1S/C15H12Cl2N2O4S/c1-6-10(12(18)20)14(24-11(6)15(22)23-2)19-13(21)8-4-3-7(16)5-9(8)17/h3-5H,1-2H3,(H2,18,20)(H,19,21). The Labute approximate surface area is 151 Å². The maximum absolute atomic E-state index is 12.4. The molecule has 1 heterocycles. The molecule has 1 aromatic carbocycles. The highest BCUT2D eigenvalue weighted by molar-refractivity contribution is 7.18. The molecule has 24 heavy (non-hydrogen) atoms. The van der Waals surface area contributed by atoms with Crippen LogP contribution < -0.4 is 11.1 Å². The zero-order chi connectivity index (χ0) is 18.0. The predicted molar refractivity (Wildman–Crippen MR) is 93.3 cm³/mol. The Kier molecular flexibility index (Phi) is 5.48. The number of carbonyl (C=O) groups is 3. The normalized spacial score (nSPS) is 10.3. The zero-order valence-corrected chi connectivity index (χ0v) is 14.9. The molecule has 0 aliphatic rings. The van der Waals surface area contributed by atoms with E-state index in [4.69, 9.17) is 28.9 Å². The molecule has 1 aromatic heterocycles. The van der Waals surface area contributed by atoms with E-state index in [2.05, 4.69) is 10.1 Å². The highest BCUT2D eigenvalue weighted by atomic mass is 35.5. The van der Waals surface area contributed by atoms with Gasteiger partial charge in [-0.2, -0.15) is 0 Å². The van der Waals surface area contributed by atoms with Crippen molar-refractivity contribution in [3.05, 3.63) is 49.8 Å². The van der Waals surface area contributed by atoms with Gasteiger partial charge in [0.1, 0.15) is 9.88 Å². The molecule has 0 unspecified atom stereocenters. The van der Waals surface area contributed by atoms with Crippen LogP contribution in [-0.4, -0.2) is 24.9 Å². The van der Waals surface area contributed by atoms with E-state index in [1.165, 1.54) is 25.3 Å². The van der Waals surface area contributed by atoms with Crippen molar-refractivity contribution >= 4 is 57.3 Å². The van der Waals surface area contributed by atoms with Crippen LogP contribution in [0.15, 0.2) is 18.2 Å². The molecule has 2 aromatic rings. The van der Waals surface area contributed by atoms with E-state index in [0.29, 0.717) is 10.6 Å². The number of thiophene rings is 1. The number of hydrogen-bond acceptors (Lipinski definition) is 5. The number of nitrogens with two attached hydrogens (primary N) is 1. The summed E-state index contributed by atoms with van der Waals surface area (Å²) in [7, 11) is 1.22. The minimum absolute atomic E-state index is 0.0545. The van der Waals surface area contributed by atoms with Crippen LogP contribution in [0, 0.1) is 6.92 Å². The number of anilines is 1. The van der Waals surface area contributed by atoms with Gasteiger partial charge in [-0.3, -0.25) is 9.59 Å². The largest absolute Gasteiger partial charge is 0.465 e. The van der Waals surface area contributed by atoms with E-state index in [1.54, 1.807) is 6.92 Å². The first-order valence-corrected chi connectivity index (χ1v) is 8.11. The Hall–Kier alpha value is -2.09. The number of ether oxygens (including phenoxy) is 1. The van der Waals surface area contributed by atoms with Crippen LogP contribution in [-0.2, 0) is 4.74 Å². The number of rotatable bonds is 4. The number of halogens is 2. The lowest BCUT2D eigenvalue weighted by atomic mass is 10.1. The third kappa shape index (κ3) is 3.53. The van der Waals surface area contributed by atoms with Gasteiger partial charge in [-0.05, 0) is 30.7 Å². The van der Waals surface area contributed by atoms with Crippen molar-refractivity contribution in [2.45, 2.75) is 6.92 Å². The zero-order valence-electron chi connectivity index (χ0n) is 12.6. The van der Waals surface area contributed by atoms with Crippen molar-refractivity contribution in [3.8, 4) is 0 Å². The van der Waals surface area contributed by atoms with E-state index < -0.39 is 17.8 Å². The summed E-state index contributed by atoms with van der Waals surface area (Å²) >= 11 is 12.7. The summed E-state index contributed by atoms with van der Waals surface area (Å²) in [6, 6.07) is 4.38. The predicted octanol–water partition coefficient (Wildman–Crippen LogP) is 3.50. The van der Waals surface area contributed by atoms with Gasteiger partial charge in [-0.15, -0.1) is 11.3 Å². The van der Waals surface area contributed by atoms with Crippen LogP contribution in [0.3, 0.4) is 0 Å². The Morgan fingerprint density at radius 3 is 2.46 bits per heavy atom. The number of amides is 2. The van der Waals surface area contributed by atoms with Crippen LogP contribution in [0.4, 0.5) is 5.00 Å². The molecule has 6 nitrogen and oxygen atoms in total. The van der Waals surface area contributed by atoms with Crippen molar-refractivity contribution in [2.75, 3.05) is 12.4 Å². The third-order valence-electron chi connectivity index (χ3n) is 3.17. The van der Waals surface area contributed by atoms with Crippen molar-refractivity contribution in [2.24, 2.45) is 5.73 Å². The van der Waals surface area contributed by atoms with Gasteiger partial charge in [0.25, 0.3) is 11.8 Å². The molecule has 9 heteroatoms. The molecule has 0 aliphatic heterocycles. The summed E-state index contributed by atoms with van der Waals surface area (Å²) in [5, 5.41) is 3.24. The molecular formula is C15H12Cl2N2O4S. The fraction of sp³-hybridized carbons (Fsp3) is 0.133. The summed E-state index contributed by atoms with van der Waals surface area (Å²) in [5.74, 6) is -1.95. The van der Waals surface area contributed by atoms with E-state index >= 15 is 0 Å². The second kappa shape index (κ2) is 7.21. The average Bonchev–Trinajstić information content (AvgIpc) is 2.82. The molecule has 0 aliphatic carbocycles. The minimum Gasteiger partial charge on any atom is -0.465 e. The van der Waals surface area contributed by atoms with E-state index in [1.807, 2.05) is 0 Å². The van der Waals surface area contributed by atoms with E-state index in [0.717, 1.165) is 11.3 Å². The summed E-state index contributed by atoms with van der Waals surface area (Å²) in [6.07, 6.45) is 0. The van der Waals surface area contributed by atoms with Gasteiger partial charge in [0, 0.05) is 5.02 Å². The molecule has 0 spiro atoms. The maximum Gasteiger partial charge on any atom is 0.348 e. The van der Waals surface area contributed by atoms with Crippen molar-refractivity contribution < 1.29 is 19.1 Å². The first-order valence-electron chi connectivity index (χ1n) is 6.54. The van der Waals surface area contributed by atoms with Gasteiger partial charge < -0.3 is 15.8 Å². The second-order valence-corrected chi connectivity index (χ2v) is 6.56. The van der Waals surface area contributed by atoms with Gasteiger partial charge in [0.15, 0.2) is 0 Å². The lowest BCUT2D eigenvalue weighted by molar-refractivity contribution is 0.0605. The Balaban J connectivity index is 2.43. The molecule has 0 saturated carbocycles. The number of methoxy groups -OCH3 is 1. The van der Waals surface area contributed by atoms with Gasteiger partial charge in [0.05, 0.1) is 23.3 Å². The molecule has 3 N–H and O–H groups in total. The van der Waals surface area contributed by atoms with Gasteiger partial charge in [-0.1, -0.05) is 23.2 Å². The fourth-order valence-electron chi connectivity index (χ4n) is 2.03. The lowest BCUT2D eigenvalue weighted by Crippen LogP contribution is -2.17. The second-order valence-electron chi connectivity index (χ2n) is 4.69. The number of benzene rings is 1. The molecule has 0 bridgehead atoms. The summed E-state index contributed by atoms with van der Waals surface area (Å²) in [6.45, 7) is 1.55. The van der Waals surface area contributed by atoms with Crippen LogP contribution >= 0.6 is 34.5 Å². The molecule has 2 rings (SSSR count). The monoisotopic (exact) mass is 386 g/mol. The Morgan fingerprint density at radius 1 is 1.25 bits per heavy atom. The van der Waals surface area contributed by atoms with Gasteiger partial charge in [0.2, 0.25) is 0 Å². The van der Waals surface area contributed by atoms with Gasteiger partial charge >= 0.3 is 5.97 Å². The third-order valence-corrected chi connectivity index (χ3v) is 4.90. The van der Waals surface area contributed by atoms with Crippen LogP contribution in [0.5, 0.6) is 0 Å². The van der Waals surface area contributed by atoms with Crippen molar-refractivity contribution in [1.29, 1.82) is 0 Å². The SMILES string of the molecule is COC(=O)c1sc(NC(=O)c2ccc(Cl)cc2Cl)c(C(N)=O)c1C. The molecule has 2 amide bonds. The minimum atomic E-state index is -0.767. The maximum atomic E-state index is 12.4. The smallest absolute Gasteiger partial charge is 0.348 e. The first-order chi connectivity index (χ1) is 11.3. The average molecular weight is 387 g/mol. The highest BCUT2D eigenvalue weighted by Gasteiger charge is 2.25. The Morgan fingerprint density at radius 2 is 1.92 bits per heavy atom. The van der Waals surface area contributed by atoms with Crippen LogP contribution in [0.1, 0.15) is 36.0 Å². The highest BCUT2D eigenvalue weighted by Crippen LogP contribution is 2.34. The quantitative estimate of drug-likeness (QED) is 0.785. The van der Waals surface area contributed by atoms with Crippen molar-refractivity contribution in [3.63, 3.8) is 0 Å². The van der Waals surface area contributed by atoms with Crippen LogP contribution in [0.25, 0.3) is 0 Å². The number of carbonyl (C=O) groups excluding carboxylic acids is 3. The first kappa shape index (κ1) is 18.3. The molecule has 126 valence electrons. The molecule has 0 fully saturated rings. The molecule has 0 atom stereocenters. The molecule has 0 radical (unpaired) electrons. The lowest BCUT2D eigenvalue weighted by Gasteiger charge is -2.07. The summed E-state index contributed by atoms with van der Waals surface area (Å²) in [4.78, 5) is 36.0. The number of esters is 1.